The van der Waals surface area contributed by atoms with Gasteiger partial charge in [-0.15, -0.1) is 0 Å². The number of fused-ring (bicyclic) bond motifs is 2. The lowest BCUT2D eigenvalue weighted by atomic mass is 9.89. The molecule has 1 unspecified atom stereocenters. The molecule has 0 aromatic heterocycles. The Morgan fingerprint density at radius 1 is 1.37 bits per heavy atom. The van der Waals surface area contributed by atoms with Crippen molar-refractivity contribution in [1.82, 2.24) is 15.1 Å². The minimum absolute atomic E-state index is 0.0503. The summed E-state index contributed by atoms with van der Waals surface area (Å²) in [5, 5.41) is 3.04. The molecule has 0 saturated heterocycles. The molecule has 0 radical (unpaired) electrons. The van der Waals surface area contributed by atoms with Gasteiger partial charge in [-0.2, -0.15) is 0 Å². The van der Waals surface area contributed by atoms with E-state index in [0.717, 1.165) is 41.5 Å². The number of hydrogen-bond donors (Lipinski definition) is 1. The van der Waals surface area contributed by atoms with Crippen molar-refractivity contribution in [3.63, 3.8) is 0 Å². The summed E-state index contributed by atoms with van der Waals surface area (Å²) in [7, 11) is 7.75. The molecule has 1 aromatic rings. The van der Waals surface area contributed by atoms with Crippen molar-refractivity contribution in [1.29, 1.82) is 0 Å². The highest BCUT2D eigenvalue weighted by Gasteiger charge is 2.37. The Hall–Kier alpha value is -1.51. The molecule has 0 aliphatic carbocycles. The third-order valence-corrected chi connectivity index (χ3v) is 5.96. The molecule has 8 heteroatoms. The van der Waals surface area contributed by atoms with Gasteiger partial charge in [0.1, 0.15) is 0 Å². The second-order valence-corrected chi connectivity index (χ2v) is 8.05. The number of ether oxygens (including phenoxy) is 3. The van der Waals surface area contributed by atoms with Crippen molar-refractivity contribution < 1.29 is 19.0 Å². The molecule has 0 spiro atoms. The van der Waals surface area contributed by atoms with Crippen LogP contribution in [-0.4, -0.2) is 70.4 Å². The summed E-state index contributed by atoms with van der Waals surface area (Å²) in [6.07, 6.45) is 2.18. The van der Waals surface area contributed by atoms with Crippen molar-refractivity contribution in [3.8, 4) is 17.2 Å². The largest absolute Gasteiger partial charge is 0.492 e. The molecule has 2 heterocycles. The van der Waals surface area contributed by atoms with Gasteiger partial charge < -0.3 is 24.4 Å². The molecule has 150 valence electrons. The van der Waals surface area contributed by atoms with E-state index in [1.807, 2.05) is 21.1 Å². The predicted octanol–water partition coefficient (Wildman–Crippen LogP) is 2.17. The van der Waals surface area contributed by atoms with Crippen LogP contribution in [0, 0.1) is 0 Å². The lowest BCUT2D eigenvalue weighted by Crippen LogP contribution is -2.37. The van der Waals surface area contributed by atoms with Crippen molar-refractivity contribution in [3.05, 3.63) is 15.6 Å². The lowest BCUT2D eigenvalue weighted by Gasteiger charge is -2.36. The summed E-state index contributed by atoms with van der Waals surface area (Å²) in [6, 6.07) is -0.0663. The summed E-state index contributed by atoms with van der Waals surface area (Å²) >= 11 is 3.68. The Bertz CT molecular complexity index is 711. The van der Waals surface area contributed by atoms with Crippen LogP contribution in [0.1, 0.15) is 30.0 Å². The van der Waals surface area contributed by atoms with E-state index in [0.29, 0.717) is 30.2 Å². The van der Waals surface area contributed by atoms with Crippen molar-refractivity contribution in [2.75, 3.05) is 54.7 Å². The number of benzene rings is 1. The van der Waals surface area contributed by atoms with Crippen LogP contribution in [0.4, 0.5) is 0 Å². The molecule has 1 N–H and O–H groups in total. The lowest BCUT2D eigenvalue weighted by molar-refractivity contribution is -0.122. The van der Waals surface area contributed by atoms with Crippen LogP contribution in [0.2, 0.25) is 0 Å². The predicted molar refractivity (Wildman–Crippen MR) is 107 cm³/mol. The molecule has 1 atom stereocenters. The zero-order valence-electron chi connectivity index (χ0n) is 16.4. The van der Waals surface area contributed by atoms with Gasteiger partial charge in [0.25, 0.3) is 0 Å². The first-order chi connectivity index (χ1) is 12.9. The fraction of sp³-hybridized carbons (Fsp3) is 0.632. The topological polar surface area (TPSA) is 63.3 Å². The Labute approximate surface area is 169 Å². The third-order valence-electron chi connectivity index (χ3n) is 5.12. The minimum atomic E-state index is -0.0663. The number of hydrogen-bond acceptors (Lipinski definition) is 6. The Morgan fingerprint density at radius 2 is 2.11 bits per heavy atom. The van der Waals surface area contributed by atoms with Crippen molar-refractivity contribution in [2.45, 2.75) is 25.3 Å². The molecular formula is C19H28BrN3O4. The summed E-state index contributed by atoms with van der Waals surface area (Å²) in [6.45, 7) is 2.69. The number of carbonyl (C=O) groups excluding carboxylic acids is 1. The van der Waals surface area contributed by atoms with Crippen LogP contribution in [0.15, 0.2) is 4.47 Å². The Balaban J connectivity index is 1.82. The maximum atomic E-state index is 12.6. The average Bonchev–Trinajstić information content (AvgIpc) is 3.11. The number of methoxy groups -OCH3 is 1. The SMILES string of the molecule is COc1c2c(c(Br)c3c1C(CC(=O)NCCCN(C)C)N(C)CC3)OCO2. The first-order valence-electron chi connectivity index (χ1n) is 9.23. The highest BCUT2D eigenvalue weighted by Crippen LogP contribution is 2.54. The zero-order valence-corrected chi connectivity index (χ0v) is 18.0. The smallest absolute Gasteiger partial charge is 0.231 e. The quantitative estimate of drug-likeness (QED) is 0.654. The number of halogens is 1. The van der Waals surface area contributed by atoms with Gasteiger partial charge in [0, 0.05) is 31.1 Å². The maximum absolute atomic E-state index is 12.6. The number of nitrogens with one attached hydrogen (secondary N) is 1. The number of nitrogens with zero attached hydrogens (tertiary/aromatic N) is 2. The average molecular weight is 442 g/mol. The van der Waals surface area contributed by atoms with Gasteiger partial charge in [-0.05, 0) is 62.0 Å². The molecule has 27 heavy (non-hydrogen) atoms. The molecule has 0 bridgehead atoms. The van der Waals surface area contributed by atoms with E-state index in [1.165, 1.54) is 0 Å². The van der Waals surface area contributed by atoms with Crippen molar-refractivity contribution in [2.24, 2.45) is 0 Å². The molecule has 3 rings (SSSR count). The molecule has 0 saturated carbocycles. The van der Waals surface area contributed by atoms with Gasteiger partial charge in [-0.1, -0.05) is 0 Å². The van der Waals surface area contributed by atoms with Gasteiger partial charge in [0.2, 0.25) is 18.4 Å². The Morgan fingerprint density at radius 3 is 2.81 bits per heavy atom. The zero-order chi connectivity index (χ0) is 19.6. The van der Waals surface area contributed by atoms with Crippen LogP contribution in [0.25, 0.3) is 0 Å². The van der Waals surface area contributed by atoms with E-state index < -0.39 is 0 Å². The summed E-state index contributed by atoms with van der Waals surface area (Å²) in [5.74, 6) is 2.05. The maximum Gasteiger partial charge on any atom is 0.231 e. The van der Waals surface area contributed by atoms with Gasteiger partial charge in [0.05, 0.1) is 11.6 Å². The fourth-order valence-electron chi connectivity index (χ4n) is 3.72. The number of amides is 1. The minimum Gasteiger partial charge on any atom is -0.492 e. The van der Waals surface area contributed by atoms with Gasteiger partial charge >= 0.3 is 0 Å². The second kappa shape index (κ2) is 8.67. The van der Waals surface area contributed by atoms with E-state index in [4.69, 9.17) is 14.2 Å². The standard InChI is InChI=1S/C19H28BrN3O4/c1-22(2)8-5-7-21-14(24)10-13-15-12(6-9-23(13)3)16(20)18-19(17(15)25-4)27-11-26-18/h13H,5-11H2,1-4H3,(H,21,24). The molecular weight excluding hydrogens is 414 g/mol. The van der Waals surface area contributed by atoms with E-state index in [1.54, 1.807) is 7.11 Å². The summed E-state index contributed by atoms with van der Waals surface area (Å²) < 4.78 is 17.9. The molecule has 2 aliphatic rings. The van der Waals surface area contributed by atoms with Gasteiger partial charge in [0.15, 0.2) is 11.5 Å². The normalized spacial score (nSPS) is 18.5. The Kier molecular flexibility index (Phi) is 6.49. The molecule has 1 aromatic carbocycles. The molecule has 1 amide bonds. The number of likely N-dealkylation sites (N-methyl/N-ethyl adjacent to an activating group) is 1. The van der Waals surface area contributed by atoms with E-state index in [2.05, 4.69) is 31.0 Å². The van der Waals surface area contributed by atoms with Crippen LogP contribution in [0.5, 0.6) is 17.2 Å². The summed E-state index contributed by atoms with van der Waals surface area (Å²) in [5.41, 5.74) is 2.16. The number of carbonyl (C=O) groups is 1. The molecule has 0 fully saturated rings. The van der Waals surface area contributed by atoms with Crippen molar-refractivity contribution >= 4 is 21.8 Å². The van der Waals surface area contributed by atoms with Crippen LogP contribution < -0.4 is 19.5 Å². The fourth-order valence-corrected chi connectivity index (χ4v) is 4.42. The van der Waals surface area contributed by atoms with Crippen LogP contribution >= 0.6 is 15.9 Å². The third kappa shape index (κ3) is 4.17. The monoisotopic (exact) mass is 441 g/mol. The van der Waals surface area contributed by atoms with Crippen LogP contribution in [0.3, 0.4) is 0 Å². The van der Waals surface area contributed by atoms with E-state index in [-0.39, 0.29) is 18.7 Å². The summed E-state index contributed by atoms with van der Waals surface area (Å²) in [4.78, 5) is 16.9. The van der Waals surface area contributed by atoms with Gasteiger partial charge in [-0.3, -0.25) is 9.69 Å². The van der Waals surface area contributed by atoms with Crippen LogP contribution in [-0.2, 0) is 11.2 Å². The highest BCUT2D eigenvalue weighted by atomic mass is 79.9. The molecule has 7 nitrogen and oxygen atoms in total. The first-order valence-corrected chi connectivity index (χ1v) is 10.0. The molecule has 2 aliphatic heterocycles. The second-order valence-electron chi connectivity index (χ2n) is 7.26. The van der Waals surface area contributed by atoms with E-state index >= 15 is 0 Å². The highest BCUT2D eigenvalue weighted by molar-refractivity contribution is 9.10. The van der Waals surface area contributed by atoms with Gasteiger partial charge in [-0.25, -0.2) is 0 Å². The first kappa shape index (κ1) is 20.2. The number of rotatable bonds is 7. The van der Waals surface area contributed by atoms with E-state index in [9.17, 15) is 4.79 Å².